The third-order valence-corrected chi connectivity index (χ3v) is 5.02. The number of amides is 1. The summed E-state index contributed by atoms with van der Waals surface area (Å²) in [5.74, 6) is -4.53. The Balaban J connectivity index is 1.78. The molecule has 6 nitrogen and oxygen atoms in total. The molecule has 2 heterocycles. The number of carbonyl (C=O) groups is 2. The highest BCUT2D eigenvalue weighted by atomic mass is 19.1. The SMILES string of the molecule is COc1cc(F)c(C(=O)N2Cc3[nH]c4ccccc4c3C[C@@H]2C(=O)O)c(F)c1. The average molecular weight is 386 g/mol. The fraction of sp³-hybridized carbons (Fsp3) is 0.200. The van der Waals surface area contributed by atoms with Crippen molar-refractivity contribution in [1.29, 1.82) is 0 Å². The molecule has 0 unspecified atom stereocenters. The summed E-state index contributed by atoms with van der Waals surface area (Å²) >= 11 is 0. The zero-order valence-electron chi connectivity index (χ0n) is 14.8. The topological polar surface area (TPSA) is 82.6 Å². The number of aliphatic carboxylic acids is 1. The maximum absolute atomic E-state index is 14.4. The van der Waals surface area contributed by atoms with Gasteiger partial charge in [-0.05, 0) is 11.6 Å². The molecule has 1 aliphatic rings. The first-order valence-corrected chi connectivity index (χ1v) is 8.56. The summed E-state index contributed by atoms with van der Waals surface area (Å²) in [4.78, 5) is 28.9. The zero-order valence-corrected chi connectivity index (χ0v) is 14.8. The Morgan fingerprint density at radius 3 is 2.54 bits per heavy atom. The lowest BCUT2D eigenvalue weighted by molar-refractivity contribution is -0.142. The number of carbonyl (C=O) groups excluding carboxylic acids is 1. The number of benzene rings is 2. The van der Waals surface area contributed by atoms with Gasteiger partial charge in [-0.1, -0.05) is 18.2 Å². The number of hydrogen-bond acceptors (Lipinski definition) is 3. The van der Waals surface area contributed by atoms with Crippen LogP contribution in [0.2, 0.25) is 0 Å². The van der Waals surface area contributed by atoms with E-state index in [2.05, 4.69) is 4.98 Å². The number of nitrogens with zero attached hydrogens (tertiary/aromatic N) is 1. The van der Waals surface area contributed by atoms with Gasteiger partial charge in [0.2, 0.25) is 0 Å². The van der Waals surface area contributed by atoms with Crippen LogP contribution in [0.5, 0.6) is 5.75 Å². The van der Waals surface area contributed by atoms with Gasteiger partial charge in [0.15, 0.2) is 0 Å². The maximum atomic E-state index is 14.4. The summed E-state index contributed by atoms with van der Waals surface area (Å²) in [5, 5.41) is 10.5. The molecule has 0 aliphatic carbocycles. The van der Waals surface area contributed by atoms with Crippen molar-refractivity contribution in [3.63, 3.8) is 0 Å². The van der Waals surface area contributed by atoms with Crippen LogP contribution in [0, 0.1) is 11.6 Å². The molecule has 2 N–H and O–H groups in total. The van der Waals surface area contributed by atoms with Gasteiger partial charge in [0, 0.05) is 35.2 Å². The largest absolute Gasteiger partial charge is 0.497 e. The summed E-state index contributed by atoms with van der Waals surface area (Å²) in [5.41, 5.74) is 1.46. The Kier molecular flexibility index (Phi) is 4.26. The minimum absolute atomic E-state index is 0.0415. The van der Waals surface area contributed by atoms with Crippen molar-refractivity contribution in [2.75, 3.05) is 7.11 Å². The minimum Gasteiger partial charge on any atom is -0.497 e. The van der Waals surface area contributed by atoms with Crippen molar-refractivity contribution < 1.29 is 28.2 Å². The molecule has 3 aromatic rings. The second-order valence-electron chi connectivity index (χ2n) is 6.58. The zero-order chi connectivity index (χ0) is 20.0. The molecular formula is C20H16F2N2O4. The van der Waals surface area contributed by atoms with Crippen LogP contribution in [0.15, 0.2) is 36.4 Å². The predicted octanol–water partition coefficient (Wildman–Crippen LogP) is 3.11. The fourth-order valence-electron chi connectivity index (χ4n) is 3.66. The highest BCUT2D eigenvalue weighted by Gasteiger charge is 2.38. The van der Waals surface area contributed by atoms with E-state index < -0.39 is 35.1 Å². The third-order valence-electron chi connectivity index (χ3n) is 5.02. The molecule has 1 atom stereocenters. The van der Waals surface area contributed by atoms with Crippen LogP contribution in [-0.4, -0.2) is 40.0 Å². The molecular weight excluding hydrogens is 370 g/mol. The van der Waals surface area contributed by atoms with E-state index in [0.29, 0.717) is 5.69 Å². The van der Waals surface area contributed by atoms with E-state index in [1.807, 2.05) is 24.3 Å². The van der Waals surface area contributed by atoms with Crippen molar-refractivity contribution in [3.05, 3.63) is 64.9 Å². The summed E-state index contributed by atoms with van der Waals surface area (Å²) in [6, 6.07) is 7.94. The van der Waals surface area contributed by atoms with E-state index >= 15 is 0 Å². The molecule has 0 fully saturated rings. The number of halogens is 2. The van der Waals surface area contributed by atoms with Crippen LogP contribution in [0.1, 0.15) is 21.6 Å². The van der Waals surface area contributed by atoms with Gasteiger partial charge in [-0.2, -0.15) is 0 Å². The van der Waals surface area contributed by atoms with E-state index in [0.717, 1.165) is 33.5 Å². The first kappa shape index (κ1) is 18.0. The van der Waals surface area contributed by atoms with Gasteiger partial charge in [0.25, 0.3) is 5.91 Å². The quantitative estimate of drug-likeness (QED) is 0.725. The lowest BCUT2D eigenvalue weighted by Gasteiger charge is -2.33. The van der Waals surface area contributed by atoms with Gasteiger partial charge in [-0.15, -0.1) is 0 Å². The molecule has 0 spiro atoms. The van der Waals surface area contributed by atoms with Crippen LogP contribution in [-0.2, 0) is 17.8 Å². The Hall–Kier alpha value is -3.42. The van der Waals surface area contributed by atoms with E-state index in [9.17, 15) is 23.5 Å². The monoisotopic (exact) mass is 386 g/mol. The summed E-state index contributed by atoms with van der Waals surface area (Å²) in [6.07, 6.45) is 0.0415. The molecule has 1 aromatic heterocycles. The number of carboxylic acids is 1. The second kappa shape index (κ2) is 6.63. The van der Waals surface area contributed by atoms with Crippen molar-refractivity contribution >= 4 is 22.8 Å². The number of aromatic amines is 1. The highest BCUT2D eigenvalue weighted by molar-refractivity contribution is 5.98. The molecule has 28 heavy (non-hydrogen) atoms. The molecule has 0 saturated carbocycles. The summed E-state index contributed by atoms with van der Waals surface area (Å²) < 4.78 is 33.5. The molecule has 2 aromatic carbocycles. The van der Waals surface area contributed by atoms with Crippen molar-refractivity contribution in [1.82, 2.24) is 9.88 Å². The number of nitrogens with one attached hydrogen (secondary N) is 1. The third kappa shape index (κ3) is 2.77. The number of H-pyrrole nitrogens is 1. The maximum Gasteiger partial charge on any atom is 0.326 e. The second-order valence-corrected chi connectivity index (χ2v) is 6.58. The van der Waals surface area contributed by atoms with Crippen LogP contribution in [0.25, 0.3) is 10.9 Å². The number of aromatic nitrogens is 1. The molecule has 8 heteroatoms. The first-order valence-electron chi connectivity index (χ1n) is 8.56. The van der Waals surface area contributed by atoms with Gasteiger partial charge in [-0.3, -0.25) is 4.79 Å². The van der Waals surface area contributed by atoms with E-state index in [1.165, 1.54) is 7.11 Å². The summed E-state index contributed by atoms with van der Waals surface area (Å²) in [7, 11) is 1.25. The van der Waals surface area contributed by atoms with Crippen molar-refractivity contribution in [2.45, 2.75) is 19.0 Å². The van der Waals surface area contributed by atoms with E-state index in [1.54, 1.807) is 0 Å². The van der Waals surface area contributed by atoms with Crippen LogP contribution in [0.3, 0.4) is 0 Å². The molecule has 4 rings (SSSR count). The van der Waals surface area contributed by atoms with Crippen LogP contribution >= 0.6 is 0 Å². The number of methoxy groups -OCH3 is 1. The van der Waals surface area contributed by atoms with Gasteiger partial charge >= 0.3 is 5.97 Å². The molecule has 0 radical (unpaired) electrons. The van der Waals surface area contributed by atoms with E-state index in [-0.39, 0.29) is 18.7 Å². The van der Waals surface area contributed by atoms with Crippen LogP contribution < -0.4 is 4.74 Å². The average Bonchev–Trinajstić information content (AvgIpc) is 3.03. The van der Waals surface area contributed by atoms with E-state index in [4.69, 9.17) is 4.74 Å². The summed E-state index contributed by atoms with van der Waals surface area (Å²) in [6.45, 7) is -0.0925. The Bertz CT molecular complexity index is 1090. The number of rotatable bonds is 3. The molecule has 144 valence electrons. The number of para-hydroxylation sites is 1. The van der Waals surface area contributed by atoms with Gasteiger partial charge in [0.05, 0.1) is 13.7 Å². The van der Waals surface area contributed by atoms with Crippen molar-refractivity contribution in [3.8, 4) is 5.75 Å². The first-order chi connectivity index (χ1) is 13.4. The fourth-order valence-corrected chi connectivity index (χ4v) is 3.66. The molecule has 1 aliphatic heterocycles. The lowest BCUT2D eigenvalue weighted by atomic mass is 9.95. The Labute approximate surface area is 158 Å². The highest BCUT2D eigenvalue weighted by Crippen LogP contribution is 2.32. The molecule has 0 saturated heterocycles. The number of carboxylic acid groups (broad SMARTS) is 1. The number of fused-ring (bicyclic) bond motifs is 3. The predicted molar refractivity (Wildman–Crippen MR) is 96.2 cm³/mol. The van der Waals surface area contributed by atoms with Gasteiger partial charge in [0.1, 0.15) is 29.0 Å². The standard InChI is InChI=1S/C20H16F2N2O4/c1-28-10-6-13(21)18(14(22)7-10)19(25)24-9-16-12(8-17(24)20(26)27)11-4-2-3-5-15(11)23-16/h2-7,17,23H,8-9H2,1H3,(H,26,27)/t17-/m1/s1. The van der Waals surface area contributed by atoms with Gasteiger partial charge in [-0.25, -0.2) is 13.6 Å². The minimum atomic E-state index is -1.24. The molecule has 1 amide bonds. The number of ether oxygens (including phenoxy) is 1. The normalized spacial score (nSPS) is 16.1. The van der Waals surface area contributed by atoms with Gasteiger partial charge < -0.3 is 19.7 Å². The lowest BCUT2D eigenvalue weighted by Crippen LogP contribution is -2.49. The molecule has 0 bridgehead atoms. The van der Waals surface area contributed by atoms with Crippen molar-refractivity contribution in [2.24, 2.45) is 0 Å². The Morgan fingerprint density at radius 2 is 1.89 bits per heavy atom. The Morgan fingerprint density at radius 1 is 1.21 bits per heavy atom. The smallest absolute Gasteiger partial charge is 0.326 e. The van der Waals surface area contributed by atoms with Crippen LogP contribution in [0.4, 0.5) is 8.78 Å². The number of hydrogen-bond donors (Lipinski definition) is 2.